The summed E-state index contributed by atoms with van der Waals surface area (Å²) in [6.45, 7) is 3.68. The van der Waals surface area contributed by atoms with Gasteiger partial charge in [-0.25, -0.2) is 22.2 Å². The monoisotopic (exact) mass is 492 g/mol. The third kappa shape index (κ3) is 5.11. The highest BCUT2D eigenvalue weighted by Crippen LogP contribution is 2.39. The number of nitrogens with zero attached hydrogens (tertiary/aromatic N) is 3. The maximum Gasteiger partial charge on any atom is 0.268 e. The Hall–Kier alpha value is -2.08. The molecule has 1 saturated heterocycles. The van der Waals surface area contributed by atoms with Crippen LogP contribution < -0.4 is 9.62 Å². The molecule has 2 aromatic rings. The Morgan fingerprint density at radius 1 is 1.31 bits per heavy atom. The molecule has 1 atom stereocenters. The highest BCUT2D eigenvalue weighted by atomic mass is 35.5. The fourth-order valence-corrected chi connectivity index (χ4v) is 5.39. The van der Waals surface area contributed by atoms with Crippen molar-refractivity contribution in [1.82, 2.24) is 9.88 Å². The van der Waals surface area contributed by atoms with Crippen LogP contribution in [-0.2, 0) is 14.8 Å². The van der Waals surface area contributed by atoms with E-state index < -0.39 is 48.9 Å². The fourth-order valence-electron chi connectivity index (χ4n) is 3.92. The Morgan fingerprint density at radius 2 is 2.03 bits per heavy atom. The van der Waals surface area contributed by atoms with Crippen LogP contribution in [0.25, 0.3) is 0 Å². The molecule has 3 rings (SSSR count). The first-order valence-electron chi connectivity index (χ1n) is 9.84. The molecule has 1 aromatic heterocycles. The molecule has 1 aliphatic rings. The van der Waals surface area contributed by atoms with Crippen LogP contribution >= 0.6 is 11.6 Å². The average Bonchev–Trinajstić information content (AvgIpc) is 3.07. The maximum atomic E-state index is 15.1. The van der Waals surface area contributed by atoms with Crippen molar-refractivity contribution in [3.63, 3.8) is 0 Å². The van der Waals surface area contributed by atoms with Crippen LogP contribution in [0.4, 0.5) is 24.7 Å². The van der Waals surface area contributed by atoms with Gasteiger partial charge in [0.25, 0.3) is 10.0 Å². The first-order chi connectivity index (χ1) is 15.0. The van der Waals surface area contributed by atoms with Crippen molar-refractivity contribution in [2.75, 3.05) is 50.0 Å². The first kappa shape index (κ1) is 24.6. The van der Waals surface area contributed by atoms with Crippen LogP contribution in [0.15, 0.2) is 29.2 Å². The van der Waals surface area contributed by atoms with Crippen molar-refractivity contribution in [2.45, 2.75) is 23.8 Å². The number of benzene rings is 1. The van der Waals surface area contributed by atoms with E-state index in [4.69, 9.17) is 16.3 Å². The third-order valence-electron chi connectivity index (χ3n) is 5.03. The van der Waals surface area contributed by atoms with E-state index in [0.717, 1.165) is 18.2 Å². The van der Waals surface area contributed by atoms with E-state index in [-0.39, 0.29) is 5.69 Å². The van der Waals surface area contributed by atoms with Crippen LogP contribution in [0.1, 0.15) is 13.3 Å². The van der Waals surface area contributed by atoms with Gasteiger partial charge in [-0.2, -0.15) is 4.39 Å². The number of likely N-dealkylation sites (N-methyl/N-ethyl adjacent to an activating group) is 1. The number of sulfonamides is 1. The molecule has 1 aliphatic heterocycles. The van der Waals surface area contributed by atoms with Gasteiger partial charge in [0, 0.05) is 32.3 Å². The molecule has 1 fully saturated rings. The number of aromatic nitrogens is 1. The van der Waals surface area contributed by atoms with Gasteiger partial charge in [-0.15, -0.1) is 0 Å². The summed E-state index contributed by atoms with van der Waals surface area (Å²) < 4.78 is 76.2. The van der Waals surface area contributed by atoms with E-state index in [1.807, 2.05) is 30.6 Å². The van der Waals surface area contributed by atoms with Gasteiger partial charge in [-0.1, -0.05) is 17.7 Å². The van der Waals surface area contributed by atoms with Gasteiger partial charge in [0.2, 0.25) is 5.95 Å². The average molecular weight is 493 g/mol. The summed E-state index contributed by atoms with van der Waals surface area (Å²) in [5, 5.41) is -0.531. The highest BCUT2D eigenvalue weighted by molar-refractivity contribution is 7.92. The van der Waals surface area contributed by atoms with Crippen LogP contribution in [0.5, 0.6) is 0 Å². The number of anilines is 2. The van der Waals surface area contributed by atoms with Crippen molar-refractivity contribution >= 4 is 33.1 Å². The third-order valence-corrected chi connectivity index (χ3v) is 6.78. The van der Waals surface area contributed by atoms with Crippen molar-refractivity contribution < 1.29 is 26.3 Å². The van der Waals surface area contributed by atoms with E-state index in [9.17, 15) is 17.2 Å². The van der Waals surface area contributed by atoms with E-state index in [1.165, 1.54) is 6.07 Å². The molecule has 0 amide bonds. The zero-order valence-electron chi connectivity index (χ0n) is 17.8. The molecule has 1 aromatic carbocycles. The van der Waals surface area contributed by atoms with E-state index in [1.54, 1.807) is 4.90 Å². The number of hydrogen-bond acceptors (Lipinski definition) is 6. The second-order valence-electron chi connectivity index (χ2n) is 7.81. The summed E-state index contributed by atoms with van der Waals surface area (Å²) in [7, 11) is -0.968. The van der Waals surface area contributed by atoms with Gasteiger partial charge >= 0.3 is 0 Å². The number of hydrogen-bond donors (Lipinski definition) is 1. The summed E-state index contributed by atoms with van der Waals surface area (Å²) in [6, 6.07) is 4.24. The van der Waals surface area contributed by atoms with Gasteiger partial charge in [0.15, 0.2) is 10.7 Å². The molecule has 12 heteroatoms. The van der Waals surface area contributed by atoms with Crippen LogP contribution in [0.3, 0.4) is 0 Å². The lowest BCUT2D eigenvalue weighted by molar-refractivity contribution is -0.0375. The summed E-state index contributed by atoms with van der Waals surface area (Å²) in [5.74, 6) is -4.14. The molecule has 0 bridgehead atoms. The van der Waals surface area contributed by atoms with Gasteiger partial charge in [0.1, 0.15) is 16.7 Å². The van der Waals surface area contributed by atoms with E-state index >= 15 is 4.39 Å². The minimum Gasteiger partial charge on any atom is -0.372 e. The number of ether oxygens (including phenoxy) is 1. The minimum absolute atomic E-state index is 0.0323. The molecule has 0 spiro atoms. The number of halogens is 4. The molecule has 7 nitrogen and oxygen atoms in total. The quantitative estimate of drug-likeness (QED) is 0.449. The molecular weight excluding hydrogens is 469 g/mol. The van der Waals surface area contributed by atoms with Gasteiger partial charge in [-0.05, 0) is 39.6 Å². The van der Waals surface area contributed by atoms with Gasteiger partial charge in [0.05, 0.1) is 11.3 Å². The summed E-state index contributed by atoms with van der Waals surface area (Å²) in [5.41, 5.74) is -0.519. The smallest absolute Gasteiger partial charge is 0.268 e. The second-order valence-corrected chi connectivity index (χ2v) is 9.81. The number of pyridine rings is 1. The van der Waals surface area contributed by atoms with Crippen molar-refractivity contribution in [2.24, 2.45) is 0 Å². The maximum absolute atomic E-state index is 15.1. The SMILES string of the molecule is CCOC1(CN(C)C)CCN(c2cc(F)c(S(=O)(=O)Nc3cccc(F)n3)c(F)c2Cl)C1. The Balaban J connectivity index is 1.94. The molecule has 0 radical (unpaired) electrons. The summed E-state index contributed by atoms with van der Waals surface area (Å²) in [4.78, 5) is 5.71. The highest BCUT2D eigenvalue weighted by Gasteiger charge is 2.41. The standard InChI is InChI=1S/C20H24ClF3N4O3S/c1-4-31-20(11-27(2)3)8-9-28(12-20)14-10-13(22)19(18(24)17(14)21)32(29,30)26-16-7-5-6-15(23)25-16/h5-7,10H,4,8-9,11-12H2,1-3H3,(H,25,26). The fraction of sp³-hybridized carbons (Fsp3) is 0.450. The van der Waals surface area contributed by atoms with Crippen molar-refractivity contribution in [3.8, 4) is 0 Å². The Kier molecular flexibility index (Phi) is 7.23. The van der Waals surface area contributed by atoms with Crippen LogP contribution in [0.2, 0.25) is 5.02 Å². The molecule has 1 unspecified atom stereocenters. The van der Waals surface area contributed by atoms with Crippen LogP contribution in [-0.4, -0.2) is 64.2 Å². The lowest BCUT2D eigenvalue weighted by Crippen LogP contribution is -2.45. The minimum atomic E-state index is -4.77. The Morgan fingerprint density at radius 3 is 2.66 bits per heavy atom. The molecule has 1 N–H and O–H groups in total. The largest absolute Gasteiger partial charge is 0.372 e. The molecule has 0 aliphatic carbocycles. The summed E-state index contributed by atoms with van der Waals surface area (Å²) in [6.07, 6.45) is 0.603. The molecule has 2 heterocycles. The zero-order chi connectivity index (χ0) is 23.7. The normalized spacial score (nSPS) is 19.1. The topological polar surface area (TPSA) is 74.8 Å². The Labute approximate surface area is 190 Å². The molecule has 0 saturated carbocycles. The lowest BCUT2D eigenvalue weighted by atomic mass is 10.0. The first-order valence-corrected chi connectivity index (χ1v) is 11.7. The molecular formula is C20H24ClF3N4O3S. The Bertz CT molecular complexity index is 1100. The predicted molar refractivity (Wildman–Crippen MR) is 116 cm³/mol. The van der Waals surface area contributed by atoms with E-state index in [2.05, 4.69) is 4.98 Å². The zero-order valence-corrected chi connectivity index (χ0v) is 19.4. The number of rotatable bonds is 8. The van der Waals surface area contributed by atoms with E-state index in [0.29, 0.717) is 32.7 Å². The van der Waals surface area contributed by atoms with Crippen LogP contribution in [0, 0.1) is 17.6 Å². The predicted octanol–water partition coefficient (Wildman–Crippen LogP) is 3.50. The second kappa shape index (κ2) is 9.42. The molecule has 32 heavy (non-hydrogen) atoms. The van der Waals surface area contributed by atoms with Gasteiger partial charge < -0.3 is 14.5 Å². The number of nitrogens with one attached hydrogen (secondary N) is 1. The lowest BCUT2D eigenvalue weighted by Gasteiger charge is -2.32. The van der Waals surface area contributed by atoms with Crippen molar-refractivity contribution in [1.29, 1.82) is 0 Å². The molecule has 176 valence electrons. The summed E-state index contributed by atoms with van der Waals surface area (Å²) >= 11 is 6.16. The van der Waals surface area contributed by atoms with Gasteiger partial charge in [-0.3, -0.25) is 4.72 Å². The van der Waals surface area contributed by atoms with Crippen molar-refractivity contribution in [3.05, 3.63) is 46.9 Å².